The summed E-state index contributed by atoms with van der Waals surface area (Å²) >= 11 is 0. The van der Waals surface area contributed by atoms with Crippen molar-refractivity contribution in [1.29, 1.82) is 0 Å². The molecule has 0 bridgehead atoms. The van der Waals surface area contributed by atoms with E-state index in [9.17, 15) is 9.59 Å². The summed E-state index contributed by atoms with van der Waals surface area (Å²) in [5, 5.41) is 3.94. The van der Waals surface area contributed by atoms with Crippen LogP contribution in [0.1, 0.15) is 48.4 Å². The summed E-state index contributed by atoms with van der Waals surface area (Å²) in [5.74, 6) is 1.81. The maximum Gasteiger partial charge on any atom is 0.325 e. The molecule has 6 rings (SSSR count). The average Bonchev–Trinajstić information content (AvgIpc) is 3.56. The third-order valence-corrected chi connectivity index (χ3v) is 7.95. The number of rotatable bonds is 10. The maximum absolute atomic E-state index is 13.6. The van der Waals surface area contributed by atoms with E-state index in [1.165, 1.54) is 10.5 Å². The number of aryl methyl sites for hydroxylation is 1. The Labute approximate surface area is 239 Å². The van der Waals surface area contributed by atoms with Gasteiger partial charge < -0.3 is 19.5 Å². The van der Waals surface area contributed by atoms with Gasteiger partial charge in [-0.05, 0) is 61.1 Å². The second kappa shape index (κ2) is 11.1. The third kappa shape index (κ3) is 4.94. The Bertz CT molecular complexity index is 1610. The number of unbranched alkanes of at least 4 members (excludes halogenated alkanes) is 1. The minimum Gasteiger partial charge on any atom is -0.493 e. The van der Waals surface area contributed by atoms with E-state index < -0.39 is 5.54 Å². The molecule has 8 nitrogen and oxygen atoms in total. The first kappa shape index (κ1) is 26.6. The molecule has 4 aromatic rings. The van der Waals surface area contributed by atoms with Gasteiger partial charge in [-0.25, -0.2) is 4.79 Å². The number of carbonyl (C=O) groups excluding carboxylic acids is 2. The van der Waals surface area contributed by atoms with Gasteiger partial charge in [0.25, 0.3) is 5.91 Å². The number of amides is 3. The van der Waals surface area contributed by atoms with Gasteiger partial charge in [0.1, 0.15) is 11.3 Å². The summed E-state index contributed by atoms with van der Waals surface area (Å²) < 4.78 is 17.3. The fourth-order valence-electron chi connectivity index (χ4n) is 5.68. The Hall–Kier alpha value is -4.59. The van der Waals surface area contributed by atoms with E-state index in [2.05, 4.69) is 17.4 Å². The second-order valence-corrected chi connectivity index (χ2v) is 10.5. The van der Waals surface area contributed by atoms with Crippen LogP contribution in [0.3, 0.4) is 0 Å². The Morgan fingerprint density at radius 3 is 2.66 bits per heavy atom. The lowest BCUT2D eigenvalue weighted by Gasteiger charge is -2.26. The van der Waals surface area contributed by atoms with Crippen molar-refractivity contribution in [1.82, 2.24) is 15.2 Å². The first-order chi connectivity index (χ1) is 20.0. The van der Waals surface area contributed by atoms with Gasteiger partial charge in [-0.2, -0.15) is 0 Å². The number of hydrogen-bond donors (Lipinski definition) is 1. The zero-order chi connectivity index (χ0) is 28.4. The minimum atomic E-state index is -1.12. The van der Waals surface area contributed by atoms with Gasteiger partial charge in [-0.15, -0.1) is 0 Å². The van der Waals surface area contributed by atoms with E-state index in [1.54, 1.807) is 12.1 Å². The molecule has 8 heteroatoms. The summed E-state index contributed by atoms with van der Waals surface area (Å²) in [5.41, 5.74) is 3.82. The van der Waals surface area contributed by atoms with Gasteiger partial charge >= 0.3 is 6.03 Å². The summed E-state index contributed by atoms with van der Waals surface area (Å²) in [6.07, 6.45) is 4.35. The number of imide groups is 1. The number of benzene rings is 3. The quantitative estimate of drug-likeness (QED) is 0.196. The molecule has 1 atom stereocenters. The highest BCUT2D eigenvalue weighted by Crippen LogP contribution is 2.39. The Balaban J connectivity index is 1.13. The molecule has 0 aliphatic carbocycles. The van der Waals surface area contributed by atoms with Crippen LogP contribution in [0.25, 0.3) is 10.9 Å². The molecule has 1 N–H and O–H groups in total. The second-order valence-electron chi connectivity index (χ2n) is 10.5. The number of urea groups is 1. The van der Waals surface area contributed by atoms with Crippen LogP contribution in [-0.2, 0) is 16.8 Å². The molecule has 3 aromatic carbocycles. The number of carbonyl (C=O) groups is 2. The van der Waals surface area contributed by atoms with E-state index in [0.29, 0.717) is 55.9 Å². The summed E-state index contributed by atoms with van der Waals surface area (Å²) in [6.45, 7) is 4.86. The van der Waals surface area contributed by atoms with E-state index in [-0.39, 0.29) is 18.7 Å². The van der Waals surface area contributed by atoms with E-state index in [4.69, 9.17) is 19.2 Å². The SMILES string of the molecule is CCC1(c2ccc3c(c2)OCO3)NC(=O)N(CCCCOc2c(Cc3ccccc3)cnc3c(C)cccc23)C1=O. The summed E-state index contributed by atoms with van der Waals surface area (Å²) in [6, 6.07) is 21.4. The molecular formula is C33H33N3O5. The molecule has 1 saturated heterocycles. The number of pyridine rings is 1. The van der Waals surface area contributed by atoms with Crippen LogP contribution >= 0.6 is 0 Å². The van der Waals surface area contributed by atoms with Crippen LogP contribution in [0.4, 0.5) is 4.79 Å². The van der Waals surface area contributed by atoms with Crippen molar-refractivity contribution in [2.45, 2.75) is 45.1 Å². The molecule has 0 saturated carbocycles. The van der Waals surface area contributed by atoms with Crippen molar-refractivity contribution < 1.29 is 23.8 Å². The monoisotopic (exact) mass is 551 g/mol. The molecule has 41 heavy (non-hydrogen) atoms. The van der Waals surface area contributed by atoms with Crippen LogP contribution in [0.5, 0.6) is 17.2 Å². The molecule has 1 aromatic heterocycles. The van der Waals surface area contributed by atoms with Crippen molar-refractivity contribution in [3.8, 4) is 17.2 Å². The molecule has 0 spiro atoms. The molecule has 0 radical (unpaired) electrons. The molecule has 1 unspecified atom stereocenters. The zero-order valence-electron chi connectivity index (χ0n) is 23.3. The van der Waals surface area contributed by atoms with Gasteiger partial charge in [0.2, 0.25) is 6.79 Å². The normalized spacial score (nSPS) is 17.8. The lowest BCUT2D eigenvalue weighted by atomic mass is 9.87. The van der Waals surface area contributed by atoms with Crippen LogP contribution < -0.4 is 19.5 Å². The van der Waals surface area contributed by atoms with Crippen molar-refractivity contribution in [2.24, 2.45) is 0 Å². The highest BCUT2D eigenvalue weighted by Gasteiger charge is 2.51. The van der Waals surface area contributed by atoms with Gasteiger partial charge in [0.05, 0.1) is 12.1 Å². The van der Waals surface area contributed by atoms with Gasteiger partial charge in [-0.1, -0.05) is 55.5 Å². The Morgan fingerprint density at radius 2 is 1.83 bits per heavy atom. The van der Waals surface area contributed by atoms with E-state index >= 15 is 0 Å². The average molecular weight is 552 g/mol. The Morgan fingerprint density at radius 1 is 1.00 bits per heavy atom. The molecule has 3 amide bonds. The van der Waals surface area contributed by atoms with Crippen molar-refractivity contribution in [3.63, 3.8) is 0 Å². The van der Waals surface area contributed by atoms with Crippen molar-refractivity contribution in [2.75, 3.05) is 19.9 Å². The highest BCUT2D eigenvalue weighted by atomic mass is 16.7. The first-order valence-corrected chi connectivity index (χ1v) is 14.1. The predicted molar refractivity (Wildman–Crippen MR) is 155 cm³/mol. The predicted octanol–water partition coefficient (Wildman–Crippen LogP) is 5.88. The third-order valence-electron chi connectivity index (χ3n) is 7.95. The number of nitrogens with one attached hydrogen (secondary N) is 1. The minimum absolute atomic E-state index is 0.148. The van der Waals surface area contributed by atoms with Gasteiger partial charge in [-0.3, -0.25) is 14.7 Å². The van der Waals surface area contributed by atoms with Gasteiger partial charge in [0, 0.05) is 30.1 Å². The summed E-state index contributed by atoms with van der Waals surface area (Å²) in [7, 11) is 0. The van der Waals surface area contributed by atoms with Crippen LogP contribution in [0.2, 0.25) is 0 Å². The fraction of sp³-hybridized carbons (Fsp3) is 0.303. The number of ether oxygens (including phenoxy) is 3. The van der Waals surface area contributed by atoms with Crippen molar-refractivity contribution in [3.05, 3.63) is 95.2 Å². The lowest BCUT2D eigenvalue weighted by molar-refractivity contribution is -0.131. The van der Waals surface area contributed by atoms with E-state index in [1.807, 2.05) is 62.5 Å². The van der Waals surface area contributed by atoms with Gasteiger partial charge in [0.15, 0.2) is 11.5 Å². The fourth-order valence-corrected chi connectivity index (χ4v) is 5.68. The zero-order valence-corrected chi connectivity index (χ0v) is 23.3. The molecular weight excluding hydrogens is 518 g/mol. The smallest absolute Gasteiger partial charge is 0.325 e. The molecule has 2 aliphatic rings. The standard InChI is InChI=1S/C33H33N3O5/c1-3-33(25-14-15-27-28(19-25)41-21-40-27)31(37)36(32(38)35-33)16-7-8-17-39-30-24(18-23-11-5-4-6-12-23)20-34-29-22(2)10-9-13-26(29)30/h4-6,9-15,19-20H,3,7-8,16-18,21H2,1-2H3,(H,35,38). The van der Waals surface area contributed by atoms with E-state index in [0.717, 1.165) is 27.8 Å². The maximum atomic E-state index is 13.6. The summed E-state index contributed by atoms with van der Waals surface area (Å²) in [4.78, 5) is 32.6. The molecule has 1 fully saturated rings. The molecule has 2 aliphatic heterocycles. The van der Waals surface area contributed by atoms with Crippen molar-refractivity contribution >= 4 is 22.8 Å². The van der Waals surface area contributed by atoms with Crippen LogP contribution in [0, 0.1) is 6.92 Å². The number of nitrogens with zero attached hydrogens (tertiary/aromatic N) is 2. The first-order valence-electron chi connectivity index (χ1n) is 14.1. The lowest BCUT2D eigenvalue weighted by Crippen LogP contribution is -2.43. The topological polar surface area (TPSA) is 90.0 Å². The molecule has 210 valence electrons. The van der Waals surface area contributed by atoms with Crippen LogP contribution in [-0.4, -0.2) is 41.8 Å². The number of fused-ring (bicyclic) bond motifs is 2. The largest absolute Gasteiger partial charge is 0.493 e. The number of para-hydroxylation sites is 1. The number of hydrogen-bond acceptors (Lipinski definition) is 6. The Kier molecular flexibility index (Phi) is 7.22. The molecule has 3 heterocycles. The van der Waals surface area contributed by atoms with Crippen LogP contribution in [0.15, 0.2) is 72.9 Å². The number of aromatic nitrogens is 1. The highest BCUT2D eigenvalue weighted by molar-refractivity contribution is 6.07.